The summed E-state index contributed by atoms with van der Waals surface area (Å²) in [5, 5.41) is 22.8. The van der Waals surface area contributed by atoms with E-state index in [-0.39, 0.29) is 19.4 Å². The summed E-state index contributed by atoms with van der Waals surface area (Å²) in [6.45, 7) is 0.558. The minimum atomic E-state index is -1.51. The van der Waals surface area contributed by atoms with Gasteiger partial charge in [-0.3, -0.25) is 24.0 Å². The molecule has 0 aliphatic carbocycles. The Morgan fingerprint density at radius 1 is 0.970 bits per heavy atom. The Balaban J connectivity index is 3.00. The van der Waals surface area contributed by atoms with Gasteiger partial charge < -0.3 is 42.9 Å². The zero-order valence-corrected chi connectivity index (χ0v) is 18.2. The summed E-state index contributed by atoms with van der Waals surface area (Å²) in [6, 6.07) is -5.12. The van der Waals surface area contributed by atoms with Crippen LogP contribution in [0.4, 0.5) is 0 Å². The number of unbranched alkanes of at least 4 members (excludes halogenated alkanes) is 1. The first-order valence-electron chi connectivity index (χ1n) is 10.6. The number of carboxylic acids is 2. The van der Waals surface area contributed by atoms with Gasteiger partial charge in [-0.25, -0.2) is 4.79 Å². The van der Waals surface area contributed by atoms with E-state index in [4.69, 9.17) is 22.3 Å². The van der Waals surface area contributed by atoms with E-state index in [1.165, 1.54) is 4.90 Å². The van der Waals surface area contributed by atoms with Gasteiger partial charge in [0.25, 0.3) is 0 Å². The first-order valence-corrected chi connectivity index (χ1v) is 10.6. The van der Waals surface area contributed by atoms with E-state index >= 15 is 0 Å². The summed E-state index contributed by atoms with van der Waals surface area (Å²) < 4.78 is 0. The lowest BCUT2D eigenvalue weighted by molar-refractivity contribution is -0.149. The number of carbonyl (C=O) groups is 6. The molecule has 1 aliphatic heterocycles. The normalized spacial score (nSPS) is 18.1. The van der Waals surface area contributed by atoms with Crippen molar-refractivity contribution in [1.29, 1.82) is 0 Å². The second-order valence-corrected chi connectivity index (χ2v) is 7.81. The maximum atomic E-state index is 13.0. The van der Waals surface area contributed by atoms with Crippen LogP contribution >= 0.6 is 0 Å². The highest BCUT2D eigenvalue weighted by atomic mass is 16.4. The minimum Gasteiger partial charge on any atom is -0.481 e. The molecule has 1 aliphatic rings. The molecule has 0 aromatic rings. The minimum absolute atomic E-state index is 0.153. The summed E-state index contributed by atoms with van der Waals surface area (Å²) in [5.74, 6) is -5.93. The number of nitrogens with zero attached hydrogens (tertiary/aromatic N) is 1. The van der Waals surface area contributed by atoms with Crippen molar-refractivity contribution in [1.82, 2.24) is 15.5 Å². The molecule has 14 heteroatoms. The molecule has 10 N–H and O–H groups in total. The Labute approximate surface area is 190 Å². The third-order valence-electron chi connectivity index (χ3n) is 5.15. The van der Waals surface area contributed by atoms with Crippen LogP contribution in [0.3, 0.4) is 0 Å². The van der Waals surface area contributed by atoms with Gasteiger partial charge in [0.1, 0.15) is 18.1 Å². The van der Waals surface area contributed by atoms with Crippen molar-refractivity contribution in [3.8, 4) is 0 Å². The standard InChI is InChI=1S/C19H32N6O8/c20-6-2-1-4-11(18(31)25-7-3-5-13(25)19(32)33)23-17(30)12(9-14(22)26)24-16(29)10(21)8-15(27)28/h10-13H,1-9,20-21H2,(H2,22,26)(H,23,30)(H,24,29)(H,27,28)(H,32,33). The van der Waals surface area contributed by atoms with Gasteiger partial charge in [0.05, 0.1) is 18.9 Å². The van der Waals surface area contributed by atoms with Crippen LogP contribution in [-0.4, -0.2) is 87.9 Å². The van der Waals surface area contributed by atoms with Crippen molar-refractivity contribution >= 4 is 35.6 Å². The monoisotopic (exact) mass is 472 g/mol. The quantitative estimate of drug-likeness (QED) is 0.125. The van der Waals surface area contributed by atoms with Gasteiger partial charge in [-0.15, -0.1) is 0 Å². The Morgan fingerprint density at radius 3 is 2.15 bits per heavy atom. The van der Waals surface area contributed by atoms with Crippen LogP contribution in [0.2, 0.25) is 0 Å². The number of hydrogen-bond donors (Lipinski definition) is 7. The van der Waals surface area contributed by atoms with Crippen molar-refractivity contribution in [2.75, 3.05) is 13.1 Å². The third kappa shape index (κ3) is 9.02. The second-order valence-electron chi connectivity index (χ2n) is 7.81. The van der Waals surface area contributed by atoms with Gasteiger partial charge in [0.15, 0.2) is 0 Å². The lowest BCUT2D eigenvalue weighted by Gasteiger charge is -2.28. The number of rotatable bonds is 14. The van der Waals surface area contributed by atoms with E-state index in [2.05, 4.69) is 10.6 Å². The van der Waals surface area contributed by atoms with Crippen molar-refractivity contribution in [2.24, 2.45) is 17.2 Å². The van der Waals surface area contributed by atoms with Crippen molar-refractivity contribution in [3.05, 3.63) is 0 Å². The Hall–Kier alpha value is -3.26. The second kappa shape index (κ2) is 13.3. The molecule has 1 rings (SSSR count). The summed E-state index contributed by atoms with van der Waals surface area (Å²) in [6.07, 6.45) is 0.606. The molecule has 4 atom stereocenters. The van der Waals surface area contributed by atoms with Crippen LogP contribution in [0, 0.1) is 0 Å². The first kappa shape index (κ1) is 27.8. The number of likely N-dealkylation sites (tertiary alicyclic amines) is 1. The Kier molecular flexibility index (Phi) is 11.2. The van der Waals surface area contributed by atoms with Gasteiger partial charge in [0.2, 0.25) is 23.6 Å². The average Bonchev–Trinajstić information content (AvgIpc) is 3.21. The van der Waals surface area contributed by atoms with E-state index < -0.39 is 72.6 Å². The SMILES string of the molecule is NCCCCC(NC(=O)C(CC(N)=O)NC(=O)C(N)CC(=O)O)C(=O)N1CCCC1C(=O)O. The molecular formula is C19H32N6O8. The smallest absolute Gasteiger partial charge is 0.326 e. The van der Waals surface area contributed by atoms with Crippen LogP contribution in [0.5, 0.6) is 0 Å². The average molecular weight is 472 g/mol. The largest absolute Gasteiger partial charge is 0.481 e. The Morgan fingerprint density at radius 2 is 1.61 bits per heavy atom. The number of nitrogens with one attached hydrogen (secondary N) is 2. The molecule has 1 heterocycles. The number of aliphatic carboxylic acids is 2. The maximum absolute atomic E-state index is 13.0. The lowest BCUT2D eigenvalue weighted by atomic mass is 10.1. The lowest BCUT2D eigenvalue weighted by Crippen LogP contribution is -2.57. The predicted octanol–water partition coefficient (Wildman–Crippen LogP) is -3.16. The molecule has 0 spiro atoms. The zero-order valence-electron chi connectivity index (χ0n) is 18.2. The fourth-order valence-electron chi connectivity index (χ4n) is 3.48. The number of carbonyl (C=O) groups excluding carboxylic acids is 4. The van der Waals surface area contributed by atoms with Gasteiger partial charge in [0, 0.05) is 6.54 Å². The molecule has 33 heavy (non-hydrogen) atoms. The van der Waals surface area contributed by atoms with Crippen LogP contribution in [0.15, 0.2) is 0 Å². The molecule has 0 bridgehead atoms. The van der Waals surface area contributed by atoms with E-state index in [1.54, 1.807) is 0 Å². The van der Waals surface area contributed by atoms with E-state index in [9.17, 15) is 33.9 Å². The Bertz CT molecular complexity index is 761. The molecule has 0 radical (unpaired) electrons. The van der Waals surface area contributed by atoms with Crippen LogP contribution in [0.25, 0.3) is 0 Å². The number of hydrogen-bond acceptors (Lipinski definition) is 8. The first-order chi connectivity index (χ1) is 15.5. The number of carboxylic acid groups (broad SMARTS) is 2. The van der Waals surface area contributed by atoms with Crippen LogP contribution in [-0.2, 0) is 28.8 Å². The van der Waals surface area contributed by atoms with Crippen molar-refractivity contribution in [2.45, 2.75) is 69.1 Å². The molecule has 1 fully saturated rings. The summed E-state index contributed by atoms with van der Waals surface area (Å²) in [5.41, 5.74) is 16.1. The maximum Gasteiger partial charge on any atom is 0.326 e. The highest BCUT2D eigenvalue weighted by Gasteiger charge is 2.38. The molecule has 4 unspecified atom stereocenters. The molecular weight excluding hydrogens is 440 g/mol. The topological polar surface area (TPSA) is 248 Å². The van der Waals surface area contributed by atoms with Gasteiger partial charge in [-0.1, -0.05) is 0 Å². The number of nitrogens with two attached hydrogens (primary N) is 3. The predicted molar refractivity (Wildman–Crippen MR) is 113 cm³/mol. The molecule has 186 valence electrons. The van der Waals surface area contributed by atoms with Gasteiger partial charge >= 0.3 is 11.9 Å². The number of primary amides is 1. The van der Waals surface area contributed by atoms with Gasteiger partial charge in [-0.05, 0) is 38.6 Å². The van der Waals surface area contributed by atoms with Gasteiger partial charge in [-0.2, -0.15) is 0 Å². The van der Waals surface area contributed by atoms with Crippen molar-refractivity contribution in [3.63, 3.8) is 0 Å². The molecule has 0 aromatic carbocycles. The van der Waals surface area contributed by atoms with Crippen LogP contribution < -0.4 is 27.8 Å². The van der Waals surface area contributed by atoms with Crippen LogP contribution in [0.1, 0.15) is 44.9 Å². The van der Waals surface area contributed by atoms with E-state index in [0.717, 1.165) is 0 Å². The molecule has 0 saturated carbocycles. The summed E-state index contributed by atoms with van der Waals surface area (Å²) >= 11 is 0. The third-order valence-corrected chi connectivity index (χ3v) is 5.15. The molecule has 14 nitrogen and oxygen atoms in total. The van der Waals surface area contributed by atoms with E-state index in [0.29, 0.717) is 25.8 Å². The summed E-state index contributed by atoms with van der Waals surface area (Å²) in [4.78, 5) is 72.8. The fraction of sp³-hybridized carbons (Fsp3) is 0.684. The number of amides is 4. The molecule has 4 amide bonds. The highest BCUT2D eigenvalue weighted by molar-refractivity contribution is 5.96. The highest BCUT2D eigenvalue weighted by Crippen LogP contribution is 2.20. The van der Waals surface area contributed by atoms with Crippen molar-refractivity contribution < 1.29 is 39.0 Å². The fourth-order valence-corrected chi connectivity index (χ4v) is 3.48. The molecule has 0 aromatic heterocycles. The van der Waals surface area contributed by atoms with E-state index in [1.807, 2.05) is 0 Å². The summed E-state index contributed by atoms with van der Waals surface area (Å²) in [7, 11) is 0. The zero-order chi connectivity index (χ0) is 25.1. The molecule has 1 saturated heterocycles.